The molecule has 0 aliphatic carbocycles. The molecule has 0 aromatic heterocycles. The van der Waals surface area contributed by atoms with Gasteiger partial charge in [0, 0.05) is 11.8 Å². The minimum absolute atomic E-state index is 0.324. The molecule has 0 radical (unpaired) electrons. The van der Waals surface area contributed by atoms with Crippen LogP contribution in [0.1, 0.15) is 20.7 Å². The number of amides is 2. The quantitative estimate of drug-likeness (QED) is 0.400. The van der Waals surface area contributed by atoms with E-state index in [1.807, 2.05) is 36.4 Å². The third-order valence-corrected chi connectivity index (χ3v) is 4.94. The van der Waals surface area contributed by atoms with Crippen molar-refractivity contribution >= 4 is 34.0 Å². The van der Waals surface area contributed by atoms with Crippen LogP contribution in [0.25, 0.3) is 10.8 Å². The van der Waals surface area contributed by atoms with Gasteiger partial charge in [-0.1, -0.05) is 36.4 Å². The number of carbonyl (C=O) groups is 2. The average Bonchev–Trinajstić information content (AvgIpc) is 2.97. The maximum atomic E-state index is 13.0. The minimum atomic E-state index is -0.363. The van der Waals surface area contributed by atoms with Gasteiger partial charge in [-0.2, -0.15) is 0 Å². The van der Waals surface area contributed by atoms with E-state index in [-0.39, 0.29) is 11.8 Å². The number of carbonyl (C=O) groups excluding carboxylic acids is 2. The maximum absolute atomic E-state index is 13.0. The standard InChI is InChI=1S/C24H16N2O3/c25-17-6-3-7-19(13-17)29-20-10-11-21-22(14-20)24(28)26(23(21)27)18-9-8-15-4-1-2-5-16(15)12-18/h1-14H,25H2. The zero-order valence-corrected chi connectivity index (χ0v) is 15.3. The highest BCUT2D eigenvalue weighted by Crippen LogP contribution is 2.33. The van der Waals surface area contributed by atoms with Crippen LogP contribution in [-0.4, -0.2) is 11.8 Å². The van der Waals surface area contributed by atoms with Crippen molar-refractivity contribution in [3.8, 4) is 11.5 Å². The first-order chi connectivity index (χ1) is 14.1. The van der Waals surface area contributed by atoms with E-state index >= 15 is 0 Å². The monoisotopic (exact) mass is 380 g/mol. The predicted molar refractivity (Wildman–Crippen MR) is 112 cm³/mol. The molecule has 5 nitrogen and oxygen atoms in total. The third kappa shape index (κ3) is 2.89. The van der Waals surface area contributed by atoms with Crippen LogP contribution in [0.4, 0.5) is 11.4 Å². The Kier molecular flexibility index (Phi) is 3.81. The lowest BCUT2D eigenvalue weighted by molar-refractivity contribution is 0.0926. The number of anilines is 2. The Labute approximate surface area is 166 Å². The summed E-state index contributed by atoms with van der Waals surface area (Å²) in [7, 11) is 0. The summed E-state index contributed by atoms with van der Waals surface area (Å²) >= 11 is 0. The molecule has 0 saturated carbocycles. The highest BCUT2D eigenvalue weighted by molar-refractivity contribution is 6.34. The van der Waals surface area contributed by atoms with Crippen molar-refractivity contribution in [2.24, 2.45) is 0 Å². The molecule has 4 aromatic rings. The Morgan fingerprint density at radius 2 is 1.41 bits per heavy atom. The van der Waals surface area contributed by atoms with Gasteiger partial charge in [-0.15, -0.1) is 0 Å². The molecular weight excluding hydrogens is 364 g/mol. The van der Waals surface area contributed by atoms with Crippen LogP contribution in [0.3, 0.4) is 0 Å². The number of ether oxygens (including phenoxy) is 1. The Morgan fingerprint density at radius 3 is 2.24 bits per heavy atom. The number of fused-ring (bicyclic) bond motifs is 2. The van der Waals surface area contributed by atoms with Gasteiger partial charge in [0.25, 0.3) is 11.8 Å². The third-order valence-electron chi connectivity index (χ3n) is 4.94. The highest BCUT2D eigenvalue weighted by Gasteiger charge is 2.37. The van der Waals surface area contributed by atoms with E-state index in [0.717, 1.165) is 10.8 Å². The van der Waals surface area contributed by atoms with Crippen LogP contribution in [-0.2, 0) is 0 Å². The molecule has 0 bridgehead atoms. The molecule has 2 N–H and O–H groups in total. The van der Waals surface area contributed by atoms with E-state index < -0.39 is 0 Å². The van der Waals surface area contributed by atoms with Crippen molar-refractivity contribution < 1.29 is 14.3 Å². The largest absolute Gasteiger partial charge is 0.457 e. The van der Waals surface area contributed by atoms with Gasteiger partial charge in [-0.3, -0.25) is 9.59 Å². The van der Waals surface area contributed by atoms with Gasteiger partial charge in [0.1, 0.15) is 11.5 Å². The predicted octanol–water partition coefficient (Wildman–Crippen LogP) is 5.01. The lowest BCUT2D eigenvalue weighted by Crippen LogP contribution is -2.29. The number of hydrogen-bond acceptors (Lipinski definition) is 4. The Hall–Kier alpha value is -4.12. The summed E-state index contributed by atoms with van der Waals surface area (Å²) in [5.41, 5.74) is 7.60. The van der Waals surface area contributed by atoms with Gasteiger partial charge in [0.2, 0.25) is 0 Å². The number of rotatable bonds is 3. The summed E-state index contributed by atoms with van der Waals surface area (Å²) in [5.74, 6) is 0.332. The lowest BCUT2D eigenvalue weighted by atomic mass is 10.1. The molecule has 4 aromatic carbocycles. The van der Waals surface area contributed by atoms with Crippen LogP contribution in [0, 0.1) is 0 Å². The number of nitrogens with two attached hydrogens (primary N) is 1. The van der Waals surface area contributed by atoms with E-state index in [4.69, 9.17) is 10.5 Å². The van der Waals surface area contributed by atoms with Crippen LogP contribution >= 0.6 is 0 Å². The van der Waals surface area contributed by atoms with Crippen LogP contribution < -0.4 is 15.4 Å². The first kappa shape index (κ1) is 17.0. The Morgan fingerprint density at radius 1 is 0.655 bits per heavy atom. The first-order valence-corrected chi connectivity index (χ1v) is 9.15. The molecule has 0 fully saturated rings. The van der Waals surface area contributed by atoms with Gasteiger partial charge < -0.3 is 10.5 Å². The molecular formula is C24H16N2O3. The summed E-state index contributed by atoms with van der Waals surface area (Å²) in [6.45, 7) is 0. The van der Waals surface area contributed by atoms with Crippen molar-refractivity contribution in [1.82, 2.24) is 0 Å². The smallest absolute Gasteiger partial charge is 0.266 e. The molecule has 0 saturated heterocycles. The average molecular weight is 380 g/mol. The van der Waals surface area contributed by atoms with Crippen LogP contribution in [0.2, 0.25) is 0 Å². The summed E-state index contributed by atoms with van der Waals surface area (Å²) in [5, 5.41) is 2.01. The molecule has 1 heterocycles. The number of nitrogens with zero attached hydrogens (tertiary/aromatic N) is 1. The van der Waals surface area contributed by atoms with E-state index in [1.165, 1.54) is 4.90 Å². The second kappa shape index (κ2) is 6.49. The highest BCUT2D eigenvalue weighted by atomic mass is 16.5. The number of hydrogen-bond donors (Lipinski definition) is 1. The topological polar surface area (TPSA) is 72.6 Å². The molecule has 5 rings (SSSR count). The van der Waals surface area contributed by atoms with Crippen molar-refractivity contribution in [2.75, 3.05) is 10.6 Å². The SMILES string of the molecule is Nc1cccc(Oc2ccc3c(c2)C(=O)N(c2ccc4ccccc4c2)C3=O)c1. The van der Waals surface area contributed by atoms with Gasteiger partial charge in [-0.05, 0) is 53.2 Å². The Bertz CT molecular complexity index is 1300. The van der Waals surface area contributed by atoms with Crippen molar-refractivity contribution in [1.29, 1.82) is 0 Å². The molecule has 0 spiro atoms. The molecule has 140 valence electrons. The fraction of sp³-hybridized carbons (Fsp3) is 0. The number of benzene rings is 4. The summed E-state index contributed by atoms with van der Waals surface area (Å²) < 4.78 is 5.80. The maximum Gasteiger partial charge on any atom is 0.266 e. The molecule has 29 heavy (non-hydrogen) atoms. The van der Waals surface area contributed by atoms with Gasteiger partial charge >= 0.3 is 0 Å². The normalized spacial score (nSPS) is 13.0. The van der Waals surface area contributed by atoms with Crippen molar-refractivity contribution in [3.05, 3.63) is 96.1 Å². The number of nitrogen functional groups attached to an aromatic ring is 1. The van der Waals surface area contributed by atoms with Crippen molar-refractivity contribution in [2.45, 2.75) is 0 Å². The fourth-order valence-corrected chi connectivity index (χ4v) is 3.55. The second-order valence-electron chi connectivity index (χ2n) is 6.86. The summed E-state index contributed by atoms with van der Waals surface area (Å²) in [6, 6.07) is 25.3. The zero-order chi connectivity index (χ0) is 20.0. The van der Waals surface area contributed by atoms with E-state index in [0.29, 0.717) is 34.0 Å². The minimum Gasteiger partial charge on any atom is -0.457 e. The lowest BCUT2D eigenvalue weighted by Gasteiger charge is -2.14. The van der Waals surface area contributed by atoms with Gasteiger partial charge in [-0.25, -0.2) is 4.90 Å². The number of imide groups is 1. The molecule has 2 amide bonds. The first-order valence-electron chi connectivity index (χ1n) is 9.15. The molecule has 1 aliphatic rings. The van der Waals surface area contributed by atoms with Crippen LogP contribution in [0.5, 0.6) is 11.5 Å². The van der Waals surface area contributed by atoms with E-state index in [2.05, 4.69) is 0 Å². The van der Waals surface area contributed by atoms with Gasteiger partial charge in [0.05, 0.1) is 16.8 Å². The summed E-state index contributed by atoms with van der Waals surface area (Å²) in [4.78, 5) is 27.1. The summed E-state index contributed by atoms with van der Waals surface area (Å²) in [6.07, 6.45) is 0. The molecule has 0 unspecified atom stereocenters. The second-order valence-corrected chi connectivity index (χ2v) is 6.86. The fourth-order valence-electron chi connectivity index (χ4n) is 3.55. The molecule has 0 atom stereocenters. The zero-order valence-electron chi connectivity index (χ0n) is 15.3. The molecule has 5 heteroatoms. The van der Waals surface area contributed by atoms with Crippen LogP contribution in [0.15, 0.2) is 84.9 Å². The van der Waals surface area contributed by atoms with E-state index in [9.17, 15) is 9.59 Å². The van der Waals surface area contributed by atoms with Crippen molar-refractivity contribution in [3.63, 3.8) is 0 Å². The molecule has 1 aliphatic heterocycles. The van der Waals surface area contributed by atoms with E-state index in [1.54, 1.807) is 48.5 Å². The van der Waals surface area contributed by atoms with Gasteiger partial charge in [0.15, 0.2) is 0 Å². The Balaban J connectivity index is 1.50.